The Hall–Kier alpha value is -4.40. The number of carbonyl (C=O) groups excluding carboxylic acids is 1. The zero-order valence-electron chi connectivity index (χ0n) is 15.6. The summed E-state index contributed by atoms with van der Waals surface area (Å²) in [6.45, 7) is -0.302. The van der Waals surface area contributed by atoms with Gasteiger partial charge in [-0.25, -0.2) is 5.43 Å². The van der Waals surface area contributed by atoms with Crippen molar-refractivity contribution >= 4 is 17.8 Å². The smallest absolute Gasteiger partial charge is 0.311 e. The summed E-state index contributed by atoms with van der Waals surface area (Å²) in [4.78, 5) is 21.9. The number of phenolic OH excluding ortho intramolecular Hbond substituents is 2. The highest BCUT2D eigenvalue weighted by atomic mass is 16.6. The number of nitro benzene ring substituents is 1. The van der Waals surface area contributed by atoms with Crippen molar-refractivity contribution in [2.75, 3.05) is 6.61 Å². The number of nitro groups is 1. The highest BCUT2D eigenvalue weighted by molar-refractivity contribution is 5.87. The lowest BCUT2D eigenvalue weighted by Crippen LogP contribution is -2.24. The highest BCUT2D eigenvalue weighted by Crippen LogP contribution is 2.31. The average molecular weight is 407 g/mol. The van der Waals surface area contributed by atoms with Crippen LogP contribution in [-0.2, 0) is 4.79 Å². The van der Waals surface area contributed by atoms with E-state index in [1.807, 2.05) is 42.5 Å². The lowest BCUT2D eigenvalue weighted by molar-refractivity contribution is -0.385. The van der Waals surface area contributed by atoms with Crippen LogP contribution in [0.3, 0.4) is 0 Å². The van der Waals surface area contributed by atoms with E-state index in [1.54, 1.807) is 12.1 Å². The van der Waals surface area contributed by atoms with Crippen LogP contribution in [0.15, 0.2) is 71.8 Å². The molecule has 3 N–H and O–H groups in total. The Bertz CT molecular complexity index is 1080. The largest absolute Gasteiger partial charge is 0.507 e. The van der Waals surface area contributed by atoms with Gasteiger partial charge in [0, 0.05) is 17.7 Å². The van der Waals surface area contributed by atoms with Gasteiger partial charge in [0.25, 0.3) is 5.91 Å². The molecule has 9 heteroatoms. The first-order valence-corrected chi connectivity index (χ1v) is 8.74. The Morgan fingerprint density at radius 2 is 1.70 bits per heavy atom. The number of nitrogens with one attached hydrogen (secondary N) is 1. The maximum absolute atomic E-state index is 11.8. The van der Waals surface area contributed by atoms with Gasteiger partial charge in [-0.1, -0.05) is 42.5 Å². The summed E-state index contributed by atoms with van der Waals surface area (Å²) in [5.74, 6) is -1.16. The Morgan fingerprint density at radius 1 is 1.03 bits per heavy atom. The molecule has 1 amide bonds. The molecular formula is C21H17N3O6. The Morgan fingerprint density at radius 3 is 2.37 bits per heavy atom. The van der Waals surface area contributed by atoms with E-state index in [-0.39, 0.29) is 12.2 Å². The molecule has 0 aliphatic carbocycles. The van der Waals surface area contributed by atoms with Gasteiger partial charge in [-0.2, -0.15) is 5.10 Å². The SMILES string of the molecule is O=C(COc1ccc(-c2ccccc2)cc1)N/N=C/c1cc([N+](=O)[O-])c(O)cc1O. The number of phenols is 2. The summed E-state index contributed by atoms with van der Waals surface area (Å²) in [7, 11) is 0. The summed E-state index contributed by atoms with van der Waals surface area (Å²) in [5, 5.41) is 33.6. The van der Waals surface area contributed by atoms with Gasteiger partial charge in [0.15, 0.2) is 12.4 Å². The van der Waals surface area contributed by atoms with Crippen molar-refractivity contribution in [3.63, 3.8) is 0 Å². The van der Waals surface area contributed by atoms with E-state index in [0.29, 0.717) is 5.75 Å². The lowest BCUT2D eigenvalue weighted by atomic mass is 10.1. The van der Waals surface area contributed by atoms with E-state index < -0.39 is 28.0 Å². The Labute approximate surface area is 171 Å². The first-order chi connectivity index (χ1) is 14.4. The molecule has 30 heavy (non-hydrogen) atoms. The molecule has 0 radical (unpaired) electrons. The molecular weight excluding hydrogens is 390 g/mol. The van der Waals surface area contributed by atoms with E-state index in [9.17, 15) is 25.1 Å². The molecule has 3 rings (SSSR count). The van der Waals surface area contributed by atoms with Crippen molar-refractivity contribution in [2.24, 2.45) is 5.10 Å². The maximum Gasteiger partial charge on any atom is 0.311 e. The molecule has 0 aliphatic heterocycles. The number of rotatable bonds is 7. The van der Waals surface area contributed by atoms with Crippen molar-refractivity contribution in [3.05, 3.63) is 82.4 Å². The number of ether oxygens (including phenoxy) is 1. The summed E-state index contributed by atoms with van der Waals surface area (Å²) in [6.07, 6.45) is 1.02. The summed E-state index contributed by atoms with van der Waals surface area (Å²) >= 11 is 0. The first kappa shape index (κ1) is 20.3. The number of nitrogens with zero attached hydrogens (tertiary/aromatic N) is 2. The Balaban J connectivity index is 1.54. The van der Waals surface area contributed by atoms with E-state index in [2.05, 4.69) is 10.5 Å². The third-order valence-corrected chi connectivity index (χ3v) is 4.04. The molecule has 0 aliphatic rings. The van der Waals surface area contributed by atoms with Gasteiger partial charge in [-0.15, -0.1) is 0 Å². The fourth-order valence-corrected chi connectivity index (χ4v) is 2.56. The van der Waals surface area contributed by atoms with Crippen LogP contribution in [0, 0.1) is 10.1 Å². The van der Waals surface area contributed by atoms with Gasteiger partial charge in [-0.05, 0) is 23.3 Å². The molecule has 0 unspecified atom stereocenters. The molecule has 0 bridgehead atoms. The van der Waals surface area contributed by atoms with Crippen LogP contribution in [0.25, 0.3) is 11.1 Å². The van der Waals surface area contributed by atoms with Crippen molar-refractivity contribution in [2.45, 2.75) is 0 Å². The van der Waals surface area contributed by atoms with Crippen LogP contribution in [0.1, 0.15) is 5.56 Å². The third-order valence-electron chi connectivity index (χ3n) is 4.04. The minimum atomic E-state index is -0.804. The second-order valence-corrected chi connectivity index (χ2v) is 6.13. The van der Waals surface area contributed by atoms with Gasteiger partial charge in [0.2, 0.25) is 0 Å². The summed E-state index contributed by atoms with van der Waals surface area (Å²) in [5.41, 5.74) is 3.63. The topological polar surface area (TPSA) is 134 Å². The number of amides is 1. The molecule has 0 heterocycles. The molecule has 0 spiro atoms. The molecule has 152 valence electrons. The van der Waals surface area contributed by atoms with Crippen LogP contribution < -0.4 is 10.2 Å². The molecule has 0 saturated heterocycles. The minimum Gasteiger partial charge on any atom is -0.507 e. The molecule has 0 atom stereocenters. The van der Waals surface area contributed by atoms with Gasteiger partial charge in [-0.3, -0.25) is 14.9 Å². The van der Waals surface area contributed by atoms with Crippen molar-refractivity contribution in [1.82, 2.24) is 5.43 Å². The number of hydrazone groups is 1. The van der Waals surface area contributed by atoms with Gasteiger partial charge in [0.05, 0.1) is 11.1 Å². The second kappa shape index (κ2) is 9.20. The molecule has 3 aromatic carbocycles. The molecule has 3 aromatic rings. The summed E-state index contributed by atoms with van der Waals surface area (Å²) < 4.78 is 5.39. The molecule has 0 fully saturated rings. The number of benzene rings is 3. The van der Waals surface area contributed by atoms with E-state index in [1.165, 1.54) is 0 Å². The number of carbonyl (C=O) groups is 1. The average Bonchev–Trinajstić information content (AvgIpc) is 2.74. The van der Waals surface area contributed by atoms with E-state index in [4.69, 9.17) is 4.74 Å². The predicted molar refractivity (Wildman–Crippen MR) is 110 cm³/mol. The maximum atomic E-state index is 11.8. The molecule has 0 saturated carbocycles. The predicted octanol–water partition coefficient (Wildman–Crippen LogP) is 3.20. The fraction of sp³-hybridized carbons (Fsp3) is 0.0476. The van der Waals surface area contributed by atoms with Gasteiger partial charge < -0.3 is 14.9 Å². The third kappa shape index (κ3) is 5.10. The highest BCUT2D eigenvalue weighted by Gasteiger charge is 2.16. The van der Waals surface area contributed by atoms with E-state index >= 15 is 0 Å². The number of aromatic hydroxyl groups is 2. The lowest BCUT2D eigenvalue weighted by Gasteiger charge is -2.07. The standard InChI is InChI=1S/C21H17N3O6/c25-19-11-20(26)18(24(28)29)10-16(19)12-22-23-21(27)13-30-17-8-6-15(7-9-17)14-4-2-1-3-5-14/h1-12,25-26H,13H2,(H,23,27)/b22-12+. The van der Waals surface area contributed by atoms with Crippen LogP contribution in [0.2, 0.25) is 0 Å². The monoisotopic (exact) mass is 407 g/mol. The van der Waals surface area contributed by atoms with Crippen molar-refractivity contribution in [1.29, 1.82) is 0 Å². The number of hydrogen-bond donors (Lipinski definition) is 3. The zero-order valence-corrected chi connectivity index (χ0v) is 15.6. The second-order valence-electron chi connectivity index (χ2n) is 6.13. The van der Waals surface area contributed by atoms with Crippen molar-refractivity contribution in [3.8, 4) is 28.4 Å². The fourth-order valence-electron chi connectivity index (χ4n) is 2.56. The van der Waals surface area contributed by atoms with Crippen molar-refractivity contribution < 1.29 is 24.7 Å². The van der Waals surface area contributed by atoms with Crippen LogP contribution >= 0.6 is 0 Å². The van der Waals surface area contributed by atoms with Crippen LogP contribution in [0.4, 0.5) is 5.69 Å². The zero-order chi connectivity index (χ0) is 21.5. The first-order valence-electron chi connectivity index (χ1n) is 8.74. The van der Waals surface area contributed by atoms with Gasteiger partial charge >= 0.3 is 5.69 Å². The van der Waals surface area contributed by atoms with Crippen LogP contribution in [0.5, 0.6) is 17.2 Å². The Kier molecular flexibility index (Phi) is 6.23. The molecule has 0 aromatic heterocycles. The minimum absolute atomic E-state index is 0.0442. The summed E-state index contributed by atoms with van der Waals surface area (Å²) in [6, 6.07) is 18.8. The normalized spacial score (nSPS) is 10.7. The number of hydrogen-bond acceptors (Lipinski definition) is 7. The van der Waals surface area contributed by atoms with Gasteiger partial charge in [0.1, 0.15) is 11.5 Å². The quantitative estimate of drug-likeness (QED) is 0.313. The van der Waals surface area contributed by atoms with E-state index in [0.717, 1.165) is 29.5 Å². The molecule has 9 nitrogen and oxygen atoms in total. The van der Waals surface area contributed by atoms with Crippen LogP contribution in [-0.4, -0.2) is 33.9 Å².